The maximum absolute atomic E-state index is 11.9. The van der Waals surface area contributed by atoms with Gasteiger partial charge in [-0.2, -0.15) is 0 Å². The van der Waals surface area contributed by atoms with Gasteiger partial charge in [0, 0.05) is 12.2 Å². The molecule has 0 fully saturated rings. The summed E-state index contributed by atoms with van der Waals surface area (Å²) >= 11 is 0. The first-order valence-corrected chi connectivity index (χ1v) is 7.17. The highest BCUT2D eigenvalue weighted by Gasteiger charge is 2.14. The number of carbonyl (C=O) groups is 2. The van der Waals surface area contributed by atoms with Crippen molar-refractivity contribution in [2.75, 3.05) is 5.32 Å². The minimum Gasteiger partial charge on any atom is -0.344 e. The van der Waals surface area contributed by atoms with Crippen LogP contribution in [-0.4, -0.2) is 11.8 Å². The lowest BCUT2D eigenvalue weighted by atomic mass is 10.1. The van der Waals surface area contributed by atoms with Crippen LogP contribution in [0, 0.1) is 20.8 Å². The van der Waals surface area contributed by atoms with Crippen LogP contribution in [0.2, 0.25) is 0 Å². The maximum atomic E-state index is 11.9. The molecular weight excluding hydrogens is 276 g/mol. The van der Waals surface area contributed by atoms with E-state index in [1.807, 2.05) is 63.2 Å². The summed E-state index contributed by atoms with van der Waals surface area (Å²) < 4.78 is 0. The van der Waals surface area contributed by atoms with Crippen LogP contribution in [0.1, 0.15) is 22.3 Å². The van der Waals surface area contributed by atoms with E-state index in [9.17, 15) is 9.59 Å². The molecule has 0 spiro atoms. The predicted octanol–water partition coefficient (Wildman–Crippen LogP) is 2.87. The molecule has 0 atom stereocenters. The number of aryl methyl sites for hydroxylation is 3. The summed E-state index contributed by atoms with van der Waals surface area (Å²) in [7, 11) is 0. The zero-order valence-corrected chi connectivity index (χ0v) is 13.1. The van der Waals surface area contributed by atoms with Gasteiger partial charge in [-0.25, -0.2) is 0 Å². The molecule has 114 valence electrons. The van der Waals surface area contributed by atoms with Gasteiger partial charge in [0.2, 0.25) is 0 Å². The van der Waals surface area contributed by atoms with Crippen LogP contribution in [0.5, 0.6) is 0 Å². The van der Waals surface area contributed by atoms with E-state index < -0.39 is 11.8 Å². The third kappa shape index (κ3) is 4.19. The fraction of sp³-hybridized carbons (Fsp3) is 0.222. The molecule has 0 saturated heterocycles. The molecule has 4 nitrogen and oxygen atoms in total. The van der Waals surface area contributed by atoms with Crippen molar-refractivity contribution >= 4 is 17.5 Å². The Morgan fingerprint density at radius 3 is 2.36 bits per heavy atom. The molecule has 0 heterocycles. The lowest BCUT2D eigenvalue weighted by molar-refractivity contribution is -0.136. The standard InChI is InChI=1S/C18H20N2O2/c1-12-5-4-6-15(9-12)11-19-17(21)18(22)20-16-10-13(2)7-8-14(16)3/h4-10H,11H2,1-3H3,(H,19,21)(H,20,22). The quantitative estimate of drug-likeness (QED) is 0.856. The van der Waals surface area contributed by atoms with Gasteiger partial charge >= 0.3 is 11.8 Å². The minimum atomic E-state index is -0.652. The largest absolute Gasteiger partial charge is 0.344 e. The Labute approximate surface area is 130 Å². The van der Waals surface area contributed by atoms with Crippen LogP contribution in [0.15, 0.2) is 42.5 Å². The van der Waals surface area contributed by atoms with Crippen molar-refractivity contribution in [3.8, 4) is 0 Å². The fourth-order valence-electron chi connectivity index (χ4n) is 2.13. The SMILES string of the molecule is Cc1cccc(CNC(=O)C(=O)Nc2cc(C)ccc2C)c1. The van der Waals surface area contributed by atoms with Gasteiger partial charge in [0.15, 0.2) is 0 Å². The van der Waals surface area contributed by atoms with Crippen LogP contribution in [-0.2, 0) is 16.1 Å². The molecule has 0 saturated carbocycles. The first-order valence-electron chi connectivity index (χ1n) is 7.17. The van der Waals surface area contributed by atoms with Crippen molar-refractivity contribution < 1.29 is 9.59 Å². The van der Waals surface area contributed by atoms with Crippen molar-refractivity contribution in [1.29, 1.82) is 0 Å². The topological polar surface area (TPSA) is 58.2 Å². The van der Waals surface area contributed by atoms with Crippen molar-refractivity contribution in [2.45, 2.75) is 27.3 Å². The maximum Gasteiger partial charge on any atom is 0.313 e. The second kappa shape index (κ2) is 6.89. The zero-order chi connectivity index (χ0) is 16.1. The molecule has 0 radical (unpaired) electrons. The number of hydrogen-bond acceptors (Lipinski definition) is 2. The van der Waals surface area contributed by atoms with Gasteiger partial charge in [0.05, 0.1) is 0 Å². The number of amides is 2. The molecule has 0 aliphatic rings. The van der Waals surface area contributed by atoms with Crippen LogP contribution < -0.4 is 10.6 Å². The average molecular weight is 296 g/mol. The van der Waals surface area contributed by atoms with E-state index in [1.54, 1.807) is 0 Å². The second-order valence-corrected chi connectivity index (χ2v) is 5.44. The van der Waals surface area contributed by atoms with Gasteiger partial charge in [-0.15, -0.1) is 0 Å². The van der Waals surface area contributed by atoms with E-state index in [0.717, 1.165) is 22.3 Å². The Kier molecular flexibility index (Phi) is 4.94. The molecule has 0 aromatic heterocycles. The van der Waals surface area contributed by atoms with Gasteiger partial charge < -0.3 is 10.6 Å². The molecule has 0 aliphatic heterocycles. The minimum absolute atomic E-state index is 0.334. The highest BCUT2D eigenvalue weighted by Crippen LogP contribution is 2.16. The number of carbonyl (C=O) groups excluding carboxylic acids is 2. The number of benzene rings is 2. The van der Waals surface area contributed by atoms with Gasteiger partial charge in [-0.05, 0) is 43.5 Å². The number of hydrogen-bond donors (Lipinski definition) is 2. The van der Waals surface area contributed by atoms with Crippen molar-refractivity contribution in [3.05, 3.63) is 64.7 Å². The molecule has 22 heavy (non-hydrogen) atoms. The van der Waals surface area contributed by atoms with Crippen LogP contribution >= 0.6 is 0 Å². The zero-order valence-electron chi connectivity index (χ0n) is 13.1. The summed E-state index contributed by atoms with van der Waals surface area (Å²) in [4.78, 5) is 23.8. The Hall–Kier alpha value is -2.62. The highest BCUT2D eigenvalue weighted by atomic mass is 16.2. The first kappa shape index (κ1) is 15.8. The molecular formula is C18H20N2O2. The second-order valence-electron chi connectivity index (χ2n) is 5.44. The summed E-state index contributed by atoms with van der Waals surface area (Å²) in [5, 5.41) is 5.28. The van der Waals surface area contributed by atoms with Crippen LogP contribution in [0.25, 0.3) is 0 Å². The van der Waals surface area contributed by atoms with E-state index in [0.29, 0.717) is 12.2 Å². The predicted molar refractivity (Wildman–Crippen MR) is 87.6 cm³/mol. The third-order valence-electron chi connectivity index (χ3n) is 3.38. The molecule has 2 N–H and O–H groups in total. The average Bonchev–Trinajstić information content (AvgIpc) is 2.48. The molecule has 0 unspecified atom stereocenters. The molecule has 2 aromatic carbocycles. The van der Waals surface area contributed by atoms with E-state index in [1.165, 1.54) is 0 Å². The third-order valence-corrected chi connectivity index (χ3v) is 3.38. The van der Waals surface area contributed by atoms with Gasteiger partial charge in [-0.1, -0.05) is 42.0 Å². The number of rotatable bonds is 3. The Morgan fingerprint density at radius 1 is 0.909 bits per heavy atom. The summed E-state index contributed by atoms with van der Waals surface area (Å²) in [5.74, 6) is -1.29. The fourth-order valence-corrected chi connectivity index (χ4v) is 2.13. The smallest absolute Gasteiger partial charge is 0.313 e. The molecule has 2 amide bonds. The van der Waals surface area contributed by atoms with Crippen molar-refractivity contribution in [3.63, 3.8) is 0 Å². The number of nitrogens with one attached hydrogen (secondary N) is 2. The summed E-state index contributed by atoms with van der Waals surface area (Å²) in [6, 6.07) is 13.5. The van der Waals surface area contributed by atoms with Crippen molar-refractivity contribution in [2.24, 2.45) is 0 Å². The van der Waals surface area contributed by atoms with E-state index in [2.05, 4.69) is 10.6 Å². The highest BCUT2D eigenvalue weighted by molar-refractivity contribution is 6.39. The van der Waals surface area contributed by atoms with E-state index in [-0.39, 0.29) is 0 Å². The Bertz CT molecular complexity index is 708. The van der Waals surface area contributed by atoms with Gasteiger partial charge in [-0.3, -0.25) is 9.59 Å². The summed E-state index contributed by atoms with van der Waals surface area (Å²) in [5.41, 5.74) is 4.70. The van der Waals surface area contributed by atoms with E-state index >= 15 is 0 Å². The lowest BCUT2D eigenvalue weighted by Gasteiger charge is -2.10. The Balaban J connectivity index is 1.95. The van der Waals surface area contributed by atoms with E-state index in [4.69, 9.17) is 0 Å². The monoisotopic (exact) mass is 296 g/mol. The lowest BCUT2D eigenvalue weighted by Crippen LogP contribution is -2.35. The molecule has 0 aliphatic carbocycles. The summed E-state index contributed by atoms with van der Waals surface area (Å²) in [6.45, 7) is 6.14. The first-order chi connectivity index (χ1) is 10.5. The molecule has 2 rings (SSSR count). The molecule has 2 aromatic rings. The van der Waals surface area contributed by atoms with Gasteiger partial charge in [0.1, 0.15) is 0 Å². The Morgan fingerprint density at radius 2 is 1.64 bits per heavy atom. The van der Waals surface area contributed by atoms with Crippen LogP contribution in [0.4, 0.5) is 5.69 Å². The van der Waals surface area contributed by atoms with Crippen molar-refractivity contribution in [1.82, 2.24) is 5.32 Å². The number of anilines is 1. The van der Waals surface area contributed by atoms with Crippen LogP contribution in [0.3, 0.4) is 0 Å². The van der Waals surface area contributed by atoms with Gasteiger partial charge in [0.25, 0.3) is 0 Å². The molecule has 4 heteroatoms. The summed E-state index contributed by atoms with van der Waals surface area (Å²) in [6.07, 6.45) is 0. The molecule has 0 bridgehead atoms. The normalized spacial score (nSPS) is 10.1.